The molecule has 0 saturated carbocycles. The summed E-state index contributed by atoms with van der Waals surface area (Å²) < 4.78 is 0. The van der Waals surface area contributed by atoms with Gasteiger partial charge in [0.05, 0.1) is 11.5 Å². The monoisotopic (exact) mass is 533 g/mol. The highest BCUT2D eigenvalue weighted by molar-refractivity contribution is 5.95. The maximum atomic E-state index is 6.44. The number of aliphatic imine (C=N–C) groups is 1. The molecule has 0 radical (unpaired) electrons. The lowest BCUT2D eigenvalue weighted by molar-refractivity contribution is 0.250. The quantitative estimate of drug-likeness (QED) is 0.434. The molecule has 3 aromatic rings. The molecule has 0 bridgehead atoms. The molecule has 40 heavy (non-hydrogen) atoms. The first kappa shape index (κ1) is 28.9. The molecule has 0 spiro atoms. The van der Waals surface area contributed by atoms with Crippen molar-refractivity contribution in [3.63, 3.8) is 0 Å². The van der Waals surface area contributed by atoms with Gasteiger partial charge in [-0.25, -0.2) is 0 Å². The summed E-state index contributed by atoms with van der Waals surface area (Å²) >= 11 is 0. The summed E-state index contributed by atoms with van der Waals surface area (Å²) in [7, 11) is 0. The number of hydrogen-bond donors (Lipinski definition) is 3. The van der Waals surface area contributed by atoms with Crippen LogP contribution < -0.4 is 37.2 Å². The van der Waals surface area contributed by atoms with Crippen molar-refractivity contribution < 1.29 is 0 Å². The third kappa shape index (κ3) is 5.47. The average molecular weight is 534 g/mol. The topological polar surface area (TPSA) is 65.7 Å². The Morgan fingerprint density at radius 3 is 2.38 bits per heavy atom. The molecule has 0 saturated heterocycles. The summed E-state index contributed by atoms with van der Waals surface area (Å²) in [5, 5.41) is 13.5. The smallest absolute Gasteiger partial charge is 0.125 e. The van der Waals surface area contributed by atoms with Gasteiger partial charge in [-0.15, -0.1) is 0 Å². The highest BCUT2D eigenvalue weighted by Crippen LogP contribution is 2.34. The van der Waals surface area contributed by atoms with E-state index in [1.807, 2.05) is 12.3 Å². The molecule has 1 atom stereocenters. The maximum absolute atomic E-state index is 6.44. The van der Waals surface area contributed by atoms with Crippen LogP contribution in [0.15, 0.2) is 60.4 Å². The molecule has 0 amide bonds. The van der Waals surface area contributed by atoms with E-state index < -0.39 is 5.66 Å². The third-order valence-electron chi connectivity index (χ3n) is 7.77. The van der Waals surface area contributed by atoms with Crippen molar-refractivity contribution in [1.29, 1.82) is 0 Å². The molecule has 1 aliphatic heterocycles. The Hall–Kier alpha value is -4.09. The van der Waals surface area contributed by atoms with E-state index in [1.165, 1.54) is 16.0 Å². The highest BCUT2D eigenvalue weighted by atomic mass is 15.3. The lowest BCUT2D eigenvalue weighted by atomic mass is 9.97. The summed E-state index contributed by atoms with van der Waals surface area (Å²) in [5.41, 5.74) is 11.1. The second kappa shape index (κ2) is 12.0. The Kier molecular flexibility index (Phi) is 8.65. The van der Waals surface area contributed by atoms with Crippen LogP contribution in [-0.4, -0.2) is 29.9 Å². The molecule has 3 aromatic carbocycles. The Morgan fingerprint density at radius 1 is 1.02 bits per heavy atom. The molecular formula is C35H43N5. The van der Waals surface area contributed by atoms with E-state index in [2.05, 4.69) is 117 Å². The minimum Gasteiger partial charge on any atom is -0.372 e. The van der Waals surface area contributed by atoms with Gasteiger partial charge >= 0.3 is 0 Å². The van der Waals surface area contributed by atoms with E-state index in [-0.39, 0.29) is 0 Å². The van der Waals surface area contributed by atoms with Crippen LogP contribution in [0.1, 0.15) is 51.2 Å². The molecule has 1 heterocycles. The molecule has 208 valence electrons. The number of hydrogen-bond acceptors (Lipinski definition) is 5. The number of benzene rings is 3. The fourth-order valence-electron chi connectivity index (χ4n) is 5.59. The molecular weight excluding hydrogens is 490 g/mol. The minimum absolute atomic E-state index is 0.543. The Labute approximate surface area is 238 Å². The Morgan fingerprint density at radius 2 is 1.73 bits per heavy atom. The second-order valence-electron chi connectivity index (χ2n) is 10.4. The standard InChI is InChI=1S/C20H22N2.C15H21N3/c1-5-21-15(4)22-19-12-8-11-18-13(2)16-9-6-7-10-17(16)14(3)20(18)19;1-5-15(16)10-17-14-8-7-11(3)9-13(14)12(4)18(15)6-2/h8-12,21-22H,2-7H2,1H3;7-10H,4-6,16H2,1-3H3. The summed E-state index contributed by atoms with van der Waals surface area (Å²) in [6.07, 6.45) is 9.36. The summed E-state index contributed by atoms with van der Waals surface area (Å²) in [4.78, 5) is 6.67. The van der Waals surface area contributed by atoms with Crippen LogP contribution in [0.25, 0.3) is 41.8 Å². The largest absolute Gasteiger partial charge is 0.372 e. The zero-order valence-corrected chi connectivity index (χ0v) is 24.5. The number of nitrogens with two attached hydrogens (primary N) is 1. The minimum atomic E-state index is -0.543. The van der Waals surface area contributed by atoms with Crippen molar-refractivity contribution in [1.82, 2.24) is 10.2 Å². The van der Waals surface area contributed by atoms with Gasteiger partial charge in [-0.1, -0.05) is 69.2 Å². The van der Waals surface area contributed by atoms with Crippen molar-refractivity contribution in [2.24, 2.45) is 10.7 Å². The van der Waals surface area contributed by atoms with Crippen LogP contribution in [0.4, 0.5) is 11.4 Å². The van der Waals surface area contributed by atoms with E-state index in [4.69, 9.17) is 5.73 Å². The molecule has 4 N–H and O–H groups in total. The predicted molar refractivity (Wildman–Crippen MR) is 176 cm³/mol. The number of nitrogens with zero attached hydrogens (tertiary/aromatic N) is 2. The number of fused-ring (bicyclic) bond motifs is 3. The van der Waals surface area contributed by atoms with Gasteiger partial charge in [0.1, 0.15) is 5.66 Å². The molecule has 0 aromatic heterocycles. The van der Waals surface area contributed by atoms with E-state index >= 15 is 0 Å². The van der Waals surface area contributed by atoms with Crippen LogP contribution in [0, 0.1) is 6.92 Å². The Bertz CT molecular complexity index is 1720. The SMILES string of the molecule is C=C(NCC)Nc1cccc2c(=C)c3c(c(=C)c12)=CCCC=3.C=C1c2cc(C)ccc2N=CC(N)(CC)N1CC. The zero-order valence-electron chi connectivity index (χ0n) is 24.5. The second-order valence-corrected chi connectivity index (χ2v) is 10.4. The summed E-state index contributed by atoms with van der Waals surface area (Å²) in [5.74, 6) is 0.799. The van der Waals surface area contributed by atoms with E-state index in [1.54, 1.807) is 0 Å². The number of anilines is 1. The van der Waals surface area contributed by atoms with Gasteiger partial charge in [-0.2, -0.15) is 0 Å². The van der Waals surface area contributed by atoms with Gasteiger partial charge in [0, 0.05) is 41.6 Å². The van der Waals surface area contributed by atoms with Gasteiger partial charge in [0.25, 0.3) is 0 Å². The zero-order chi connectivity index (χ0) is 29.0. The molecule has 5 nitrogen and oxygen atoms in total. The molecule has 1 unspecified atom stereocenters. The van der Waals surface area contributed by atoms with Crippen molar-refractivity contribution in [3.8, 4) is 0 Å². The van der Waals surface area contributed by atoms with E-state index in [0.717, 1.165) is 82.0 Å². The van der Waals surface area contributed by atoms with Crippen molar-refractivity contribution in [2.75, 3.05) is 18.4 Å². The first-order valence-electron chi connectivity index (χ1n) is 14.2. The van der Waals surface area contributed by atoms with Crippen LogP contribution in [-0.2, 0) is 0 Å². The first-order chi connectivity index (χ1) is 19.1. The van der Waals surface area contributed by atoms with Crippen molar-refractivity contribution >= 4 is 59.4 Å². The fourth-order valence-corrected chi connectivity index (χ4v) is 5.59. The van der Waals surface area contributed by atoms with Gasteiger partial charge in [0.15, 0.2) is 0 Å². The Balaban J connectivity index is 0.000000189. The van der Waals surface area contributed by atoms with Gasteiger partial charge in [0.2, 0.25) is 0 Å². The van der Waals surface area contributed by atoms with Gasteiger partial charge in [-0.3, -0.25) is 4.99 Å². The van der Waals surface area contributed by atoms with Gasteiger partial charge in [-0.05, 0) is 84.5 Å². The predicted octanol–water partition coefficient (Wildman–Crippen LogP) is 4.58. The van der Waals surface area contributed by atoms with Crippen LogP contribution in [0.2, 0.25) is 0 Å². The van der Waals surface area contributed by atoms with E-state index in [9.17, 15) is 0 Å². The van der Waals surface area contributed by atoms with Crippen molar-refractivity contribution in [2.45, 2.75) is 52.6 Å². The van der Waals surface area contributed by atoms with E-state index in [0.29, 0.717) is 0 Å². The molecule has 0 fully saturated rings. The lowest BCUT2D eigenvalue weighted by Crippen LogP contribution is -2.55. The average Bonchev–Trinajstić information content (AvgIpc) is 3.05. The van der Waals surface area contributed by atoms with Crippen LogP contribution in [0.5, 0.6) is 0 Å². The maximum Gasteiger partial charge on any atom is 0.125 e. The molecule has 2 aliphatic rings. The third-order valence-corrected chi connectivity index (χ3v) is 7.77. The number of nitrogens with one attached hydrogen (secondary N) is 2. The molecule has 5 rings (SSSR count). The van der Waals surface area contributed by atoms with Crippen LogP contribution >= 0.6 is 0 Å². The summed E-state index contributed by atoms with van der Waals surface area (Å²) in [6, 6.07) is 12.5. The highest BCUT2D eigenvalue weighted by Gasteiger charge is 2.32. The van der Waals surface area contributed by atoms with Gasteiger partial charge < -0.3 is 21.3 Å². The normalized spacial score (nSPS) is 17.4. The van der Waals surface area contributed by atoms with Crippen molar-refractivity contribution in [3.05, 3.63) is 87.4 Å². The fraction of sp³-hybridized carbons (Fsp3) is 0.286. The summed E-state index contributed by atoms with van der Waals surface area (Å²) in [6.45, 7) is 26.9. The lowest BCUT2D eigenvalue weighted by Gasteiger charge is -2.38. The van der Waals surface area contributed by atoms with Crippen LogP contribution in [0.3, 0.4) is 0 Å². The number of rotatable bonds is 6. The number of aryl methyl sites for hydroxylation is 1. The molecule has 1 aliphatic carbocycles. The molecule has 5 heteroatoms. The first-order valence-corrected chi connectivity index (χ1v) is 14.2.